The lowest BCUT2D eigenvalue weighted by atomic mass is 10.1. The van der Waals surface area contributed by atoms with Crippen LogP contribution >= 0.6 is 11.3 Å². The lowest BCUT2D eigenvalue weighted by Crippen LogP contribution is -2.47. The molecule has 1 N–H and O–H groups in total. The molecule has 6 nitrogen and oxygen atoms in total. The van der Waals surface area contributed by atoms with Gasteiger partial charge >= 0.3 is 0 Å². The minimum absolute atomic E-state index is 0.0250. The normalized spacial score (nSPS) is 17.4. The summed E-state index contributed by atoms with van der Waals surface area (Å²) >= 11 is 1.79. The molecule has 3 aromatic heterocycles. The predicted molar refractivity (Wildman–Crippen MR) is 109 cm³/mol. The quantitative estimate of drug-likeness (QED) is 0.710. The van der Waals surface area contributed by atoms with E-state index < -0.39 is 0 Å². The Morgan fingerprint density at radius 3 is 3.07 bits per heavy atom. The minimum atomic E-state index is -0.0250. The second kappa shape index (κ2) is 8.10. The Hall–Kier alpha value is -2.38. The van der Waals surface area contributed by atoms with Crippen molar-refractivity contribution in [2.24, 2.45) is 7.05 Å². The summed E-state index contributed by atoms with van der Waals surface area (Å²) in [7, 11) is 1.77. The van der Waals surface area contributed by atoms with Crippen LogP contribution < -0.4 is 15.8 Å². The number of thiophene rings is 1. The van der Waals surface area contributed by atoms with Crippen molar-refractivity contribution in [1.82, 2.24) is 19.4 Å². The first-order valence-electron chi connectivity index (χ1n) is 9.37. The van der Waals surface area contributed by atoms with Crippen molar-refractivity contribution in [1.29, 1.82) is 0 Å². The molecule has 4 rings (SSSR count). The van der Waals surface area contributed by atoms with E-state index in [4.69, 9.17) is 0 Å². The molecule has 0 saturated carbocycles. The highest BCUT2D eigenvalue weighted by Gasteiger charge is 2.22. The summed E-state index contributed by atoms with van der Waals surface area (Å²) in [6.45, 7) is 3.45. The lowest BCUT2D eigenvalue weighted by Gasteiger charge is -2.33. The molecule has 3 aromatic rings. The maximum absolute atomic E-state index is 12.4. The molecule has 1 atom stereocenters. The van der Waals surface area contributed by atoms with E-state index in [1.807, 2.05) is 0 Å². The average molecular weight is 384 g/mol. The molecule has 0 amide bonds. The summed E-state index contributed by atoms with van der Waals surface area (Å²) in [6.07, 6.45) is 7.73. The number of hydrogen-bond donors (Lipinski definition) is 1. The Bertz CT molecular complexity index is 930. The lowest BCUT2D eigenvalue weighted by molar-refractivity contribution is 0.414. The third-order valence-corrected chi connectivity index (χ3v) is 5.98. The van der Waals surface area contributed by atoms with Crippen molar-refractivity contribution in [3.05, 3.63) is 69.2 Å². The van der Waals surface area contributed by atoms with Gasteiger partial charge in [0.25, 0.3) is 5.56 Å². The summed E-state index contributed by atoms with van der Waals surface area (Å²) in [4.78, 5) is 20.2. The van der Waals surface area contributed by atoms with Gasteiger partial charge in [-0.15, -0.1) is 11.3 Å². The van der Waals surface area contributed by atoms with Crippen LogP contribution in [0.15, 0.2) is 53.0 Å². The van der Waals surface area contributed by atoms with Crippen molar-refractivity contribution in [2.45, 2.75) is 32.0 Å². The fourth-order valence-electron chi connectivity index (χ4n) is 3.62. The van der Waals surface area contributed by atoms with E-state index in [0.717, 1.165) is 39.0 Å². The van der Waals surface area contributed by atoms with Crippen molar-refractivity contribution >= 4 is 17.2 Å². The van der Waals surface area contributed by atoms with Crippen molar-refractivity contribution < 1.29 is 0 Å². The van der Waals surface area contributed by atoms with Crippen molar-refractivity contribution in [3.63, 3.8) is 0 Å². The third-order valence-electron chi connectivity index (χ3n) is 5.12. The number of aromatic nitrogens is 3. The first kappa shape index (κ1) is 18.0. The van der Waals surface area contributed by atoms with E-state index in [2.05, 4.69) is 55.6 Å². The maximum atomic E-state index is 12.4. The van der Waals surface area contributed by atoms with E-state index in [1.54, 1.807) is 35.3 Å². The Kier molecular flexibility index (Phi) is 5.40. The van der Waals surface area contributed by atoms with Crippen LogP contribution in [0.5, 0.6) is 0 Å². The maximum Gasteiger partial charge on any atom is 0.293 e. The van der Waals surface area contributed by atoms with Gasteiger partial charge in [0, 0.05) is 61.9 Å². The summed E-state index contributed by atoms with van der Waals surface area (Å²) in [5.74, 6) is 0.563. The van der Waals surface area contributed by atoms with Crippen LogP contribution in [0.1, 0.15) is 23.4 Å². The highest BCUT2D eigenvalue weighted by molar-refractivity contribution is 7.09. The number of hydrogen-bond acceptors (Lipinski definition) is 5. The molecule has 1 aliphatic rings. The van der Waals surface area contributed by atoms with Gasteiger partial charge in [-0.1, -0.05) is 6.07 Å². The molecule has 1 saturated heterocycles. The second-order valence-electron chi connectivity index (χ2n) is 7.04. The van der Waals surface area contributed by atoms with Gasteiger partial charge in [-0.25, -0.2) is 4.98 Å². The number of anilines is 1. The molecule has 0 radical (unpaired) electrons. The number of nitrogens with one attached hydrogen (secondary N) is 1. The summed E-state index contributed by atoms with van der Waals surface area (Å²) in [5, 5.41) is 5.80. The molecule has 1 aliphatic heterocycles. The molecule has 0 aromatic carbocycles. The largest absolute Gasteiger partial charge is 0.350 e. The second-order valence-corrected chi connectivity index (χ2v) is 8.07. The zero-order chi connectivity index (χ0) is 18.6. The van der Waals surface area contributed by atoms with Crippen LogP contribution in [0.25, 0.3) is 0 Å². The predicted octanol–water partition coefficient (Wildman–Crippen LogP) is 2.45. The van der Waals surface area contributed by atoms with Gasteiger partial charge in [0.15, 0.2) is 5.82 Å². The zero-order valence-electron chi connectivity index (χ0n) is 15.5. The van der Waals surface area contributed by atoms with E-state index >= 15 is 0 Å². The van der Waals surface area contributed by atoms with Crippen molar-refractivity contribution in [3.8, 4) is 0 Å². The third kappa shape index (κ3) is 4.14. The first-order chi connectivity index (χ1) is 13.2. The monoisotopic (exact) mass is 383 g/mol. The van der Waals surface area contributed by atoms with Crippen LogP contribution in [0.2, 0.25) is 0 Å². The molecular formula is C20H25N5OS. The van der Waals surface area contributed by atoms with Gasteiger partial charge in [0.1, 0.15) is 0 Å². The summed E-state index contributed by atoms with van der Waals surface area (Å²) in [5.41, 5.74) is 1.26. The fraction of sp³-hybridized carbons (Fsp3) is 0.400. The number of aryl methyl sites for hydroxylation is 1. The number of rotatable bonds is 6. The van der Waals surface area contributed by atoms with Gasteiger partial charge in [-0.2, -0.15) is 0 Å². The van der Waals surface area contributed by atoms with Crippen LogP contribution in [-0.4, -0.2) is 33.2 Å². The molecule has 0 unspecified atom stereocenters. The number of piperidine rings is 1. The molecule has 142 valence electrons. The van der Waals surface area contributed by atoms with Crippen LogP contribution in [-0.2, 0) is 20.1 Å². The van der Waals surface area contributed by atoms with Gasteiger partial charge in [0.05, 0.1) is 6.54 Å². The molecule has 7 heteroatoms. The van der Waals surface area contributed by atoms with E-state index in [9.17, 15) is 4.79 Å². The highest BCUT2D eigenvalue weighted by Crippen LogP contribution is 2.16. The Balaban J connectivity index is 1.38. The standard InChI is InChI=1S/C20H25N5OS/c1-23-11-8-21-19(20(23)26)25-10-2-5-16(14-25)22-13-17-6-3-9-24(17)15-18-7-4-12-27-18/h3-4,6-9,11-12,16,22H,2,5,10,13-15H2,1H3/t16-/m0/s1. The fourth-order valence-corrected chi connectivity index (χ4v) is 4.32. The van der Waals surface area contributed by atoms with Crippen molar-refractivity contribution in [2.75, 3.05) is 18.0 Å². The molecule has 0 bridgehead atoms. The van der Waals surface area contributed by atoms with E-state index in [1.165, 1.54) is 10.6 Å². The molecule has 4 heterocycles. The molecule has 0 aliphatic carbocycles. The SMILES string of the molecule is Cn1ccnc(N2CCC[C@H](NCc3cccn3Cc3cccs3)C2)c1=O. The van der Waals surface area contributed by atoms with E-state index in [-0.39, 0.29) is 5.56 Å². The molecule has 0 spiro atoms. The molecule has 27 heavy (non-hydrogen) atoms. The Morgan fingerprint density at radius 1 is 1.30 bits per heavy atom. The Morgan fingerprint density at radius 2 is 2.22 bits per heavy atom. The topological polar surface area (TPSA) is 55.1 Å². The van der Waals surface area contributed by atoms with Crippen LogP contribution in [0, 0.1) is 0 Å². The summed E-state index contributed by atoms with van der Waals surface area (Å²) < 4.78 is 3.89. The van der Waals surface area contributed by atoms with Gasteiger partial charge in [-0.3, -0.25) is 4.79 Å². The van der Waals surface area contributed by atoms with Gasteiger partial charge in [0.2, 0.25) is 0 Å². The number of nitrogens with zero attached hydrogens (tertiary/aromatic N) is 4. The van der Waals surface area contributed by atoms with Crippen LogP contribution in [0.4, 0.5) is 5.82 Å². The van der Waals surface area contributed by atoms with E-state index in [0.29, 0.717) is 11.9 Å². The highest BCUT2D eigenvalue weighted by atomic mass is 32.1. The van der Waals surface area contributed by atoms with Crippen LogP contribution in [0.3, 0.4) is 0 Å². The molecule has 1 fully saturated rings. The Labute approximate surface area is 163 Å². The zero-order valence-corrected chi connectivity index (χ0v) is 16.4. The first-order valence-corrected chi connectivity index (χ1v) is 10.2. The smallest absolute Gasteiger partial charge is 0.293 e. The summed E-state index contributed by atoms with van der Waals surface area (Å²) in [6, 6.07) is 8.91. The molecular weight excluding hydrogens is 358 g/mol. The average Bonchev–Trinajstić information content (AvgIpc) is 3.35. The minimum Gasteiger partial charge on any atom is -0.350 e. The van der Waals surface area contributed by atoms with Gasteiger partial charge < -0.3 is 19.4 Å². The van der Waals surface area contributed by atoms with Gasteiger partial charge in [-0.05, 0) is 36.4 Å².